The first-order chi connectivity index (χ1) is 8.24. The standard InChI is InChI=1S/C14H22N2O/c1-3-5-14(17)16(8-4-2)13-9-11-6-7-12(10-13)15-11/h1,11-13,15H,4-10H2,2H3. The number of rotatable bonds is 4. The molecular formula is C14H22N2O. The molecule has 2 saturated heterocycles. The van der Waals surface area contributed by atoms with Crippen LogP contribution in [-0.2, 0) is 4.79 Å². The topological polar surface area (TPSA) is 32.3 Å². The summed E-state index contributed by atoms with van der Waals surface area (Å²) in [6.07, 6.45) is 11.3. The number of nitrogens with zero attached hydrogens (tertiary/aromatic N) is 1. The molecule has 94 valence electrons. The fraction of sp³-hybridized carbons (Fsp3) is 0.786. The predicted octanol–water partition coefficient (Wildman–Crippen LogP) is 1.53. The predicted molar refractivity (Wildman–Crippen MR) is 68.4 cm³/mol. The summed E-state index contributed by atoms with van der Waals surface area (Å²) in [5.41, 5.74) is 0. The first kappa shape index (κ1) is 12.4. The van der Waals surface area contributed by atoms with Gasteiger partial charge in [0.1, 0.15) is 0 Å². The Labute approximate surface area is 104 Å². The molecule has 2 rings (SSSR count). The van der Waals surface area contributed by atoms with Crippen LogP contribution in [0.25, 0.3) is 0 Å². The summed E-state index contributed by atoms with van der Waals surface area (Å²) < 4.78 is 0. The van der Waals surface area contributed by atoms with E-state index in [1.54, 1.807) is 0 Å². The van der Waals surface area contributed by atoms with Gasteiger partial charge in [-0.1, -0.05) is 12.8 Å². The molecule has 0 spiro atoms. The van der Waals surface area contributed by atoms with Gasteiger partial charge >= 0.3 is 0 Å². The van der Waals surface area contributed by atoms with E-state index in [2.05, 4.69) is 18.2 Å². The molecule has 1 N–H and O–H groups in total. The molecule has 1 amide bonds. The number of carbonyl (C=O) groups is 1. The van der Waals surface area contributed by atoms with Crippen molar-refractivity contribution in [2.24, 2.45) is 0 Å². The second-order valence-corrected chi connectivity index (χ2v) is 5.23. The second-order valence-electron chi connectivity index (χ2n) is 5.23. The molecule has 0 aromatic heterocycles. The molecule has 3 nitrogen and oxygen atoms in total. The molecule has 2 fully saturated rings. The Hall–Kier alpha value is -1.01. The SMILES string of the molecule is C#CCC(=O)N(CCC)C1CC2CCC(C1)N2. The molecular weight excluding hydrogens is 212 g/mol. The Kier molecular flexibility index (Phi) is 4.06. The molecule has 2 heterocycles. The maximum absolute atomic E-state index is 12.0. The van der Waals surface area contributed by atoms with Gasteiger partial charge in [0.15, 0.2) is 0 Å². The normalized spacial score (nSPS) is 30.9. The number of carbonyl (C=O) groups excluding carboxylic acids is 1. The minimum atomic E-state index is 0.139. The Morgan fingerprint density at radius 3 is 2.59 bits per heavy atom. The number of hydrogen-bond acceptors (Lipinski definition) is 2. The van der Waals surface area contributed by atoms with E-state index < -0.39 is 0 Å². The number of hydrogen-bond donors (Lipinski definition) is 1. The van der Waals surface area contributed by atoms with Gasteiger partial charge in [0.25, 0.3) is 0 Å². The summed E-state index contributed by atoms with van der Waals surface area (Å²) in [5.74, 6) is 2.62. The van der Waals surface area contributed by atoms with Crippen molar-refractivity contribution in [3.8, 4) is 12.3 Å². The third-order valence-corrected chi connectivity index (χ3v) is 3.93. The van der Waals surface area contributed by atoms with Gasteiger partial charge < -0.3 is 10.2 Å². The van der Waals surface area contributed by atoms with Crippen LogP contribution in [0.15, 0.2) is 0 Å². The zero-order chi connectivity index (χ0) is 12.3. The van der Waals surface area contributed by atoms with Crippen molar-refractivity contribution in [2.45, 2.75) is 63.6 Å². The highest BCUT2D eigenvalue weighted by Gasteiger charge is 2.36. The molecule has 0 radical (unpaired) electrons. The Bertz CT molecular complexity index is 309. The van der Waals surface area contributed by atoms with Crippen LogP contribution in [-0.4, -0.2) is 35.5 Å². The van der Waals surface area contributed by atoms with E-state index in [0.29, 0.717) is 18.1 Å². The van der Waals surface area contributed by atoms with Crippen molar-refractivity contribution < 1.29 is 4.79 Å². The lowest BCUT2D eigenvalue weighted by molar-refractivity contribution is -0.133. The van der Waals surface area contributed by atoms with E-state index in [1.807, 2.05) is 4.90 Å². The van der Waals surface area contributed by atoms with Crippen molar-refractivity contribution in [3.63, 3.8) is 0 Å². The molecule has 0 saturated carbocycles. The van der Waals surface area contributed by atoms with Crippen LogP contribution in [0, 0.1) is 12.3 Å². The molecule has 0 aliphatic carbocycles. The molecule has 2 aliphatic rings. The maximum atomic E-state index is 12.0. The van der Waals surface area contributed by atoms with Crippen LogP contribution in [0.5, 0.6) is 0 Å². The Morgan fingerprint density at radius 1 is 1.41 bits per heavy atom. The van der Waals surface area contributed by atoms with E-state index >= 15 is 0 Å². The number of piperidine rings is 1. The fourth-order valence-electron chi connectivity index (χ4n) is 3.22. The van der Waals surface area contributed by atoms with Gasteiger partial charge in [0.05, 0.1) is 6.42 Å². The third-order valence-electron chi connectivity index (χ3n) is 3.93. The summed E-state index contributed by atoms with van der Waals surface area (Å²) in [7, 11) is 0. The molecule has 2 bridgehead atoms. The minimum absolute atomic E-state index is 0.139. The van der Waals surface area contributed by atoms with E-state index in [0.717, 1.165) is 25.8 Å². The second kappa shape index (κ2) is 5.55. The van der Waals surface area contributed by atoms with Crippen LogP contribution < -0.4 is 5.32 Å². The van der Waals surface area contributed by atoms with E-state index in [9.17, 15) is 4.79 Å². The van der Waals surface area contributed by atoms with E-state index in [1.165, 1.54) is 12.8 Å². The number of fused-ring (bicyclic) bond motifs is 2. The molecule has 0 aromatic rings. The third kappa shape index (κ3) is 2.81. The quantitative estimate of drug-likeness (QED) is 0.748. The van der Waals surface area contributed by atoms with Crippen LogP contribution in [0.1, 0.15) is 45.4 Å². The Balaban J connectivity index is 2.00. The number of terminal acetylenes is 1. The minimum Gasteiger partial charge on any atom is -0.339 e. The van der Waals surface area contributed by atoms with Crippen molar-refractivity contribution in [3.05, 3.63) is 0 Å². The van der Waals surface area contributed by atoms with Crippen LogP contribution in [0.4, 0.5) is 0 Å². The summed E-state index contributed by atoms with van der Waals surface area (Å²) >= 11 is 0. The van der Waals surface area contributed by atoms with Gasteiger partial charge in [0, 0.05) is 24.7 Å². The lowest BCUT2D eigenvalue weighted by Gasteiger charge is -2.37. The molecule has 2 atom stereocenters. The highest BCUT2D eigenvalue weighted by atomic mass is 16.2. The van der Waals surface area contributed by atoms with Crippen molar-refractivity contribution in [1.29, 1.82) is 0 Å². The monoisotopic (exact) mass is 234 g/mol. The largest absolute Gasteiger partial charge is 0.339 e. The van der Waals surface area contributed by atoms with Crippen LogP contribution in [0.3, 0.4) is 0 Å². The van der Waals surface area contributed by atoms with Gasteiger partial charge in [-0.2, -0.15) is 0 Å². The first-order valence-electron chi connectivity index (χ1n) is 6.73. The molecule has 2 aliphatic heterocycles. The maximum Gasteiger partial charge on any atom is 0.234 e. The number of amides is 1. The average molecular weight is 234 g/mol. The highest BCUT2D eigenvalue weighted by Crippen LogP contribution is 2.30. The number of nitrogens with one attached hydrogen (secondary N) is 1. The van der Waals surface area contributed by atoms with Gasteiger partial charge in [-0.15, -0.1) is 6.42 Å². The van der Waals surface area contributed by atoms with Crippen molar-refractivity contribution in [1.82, 2.24) is 10.2 Å². The smallest absolute Gasteiger partial charge is 0.234 e. The van der Waals surface area contributed by atoms with Crippen molar-refractivity contribution >= 4 is 5.91 Å². The zero-order valence-corrected chi connectivity index (χ0v) is 10.6. The first-order valence-corrected chi connectivity index (χ1v) is 6.73. The van der Waals surface area contributed by atoms with E-state index in [-0.39, 0.29) is 12.3 Å². The summed E-state index contributed by atoms with van der Waals surface area (Å²) in [6.45, 7) is 2.97. The van der Waals surface area contributed by atoms with Gasteiger partial charge in [-0.25, -0.2) is 0 Å². The van der Waals surface area contributed by atoms with Gasteiger partial charge in [-0.3, -0.25) is 4.79 Å². The van der Waals surface area contributed by atoms with Crippen molar-refractivity contribution in [2.75, 3.05) is 6.54 Å². The zero-order valence-electron chi connectivity index (χ0n) is 10.6. The summed E-state index contributed by atoms with van der Waals surface area (Å²) in [4.78, 5) is 14.1. The lowest BCUT2D eigenvalue weighted by Crippen LogP contribution is -2.50. The lowest BCUT2D eigenvalue weighted by atomic mass is 9.97. The van der Waals surface area contributed by atoms with Gasteiger partial charge in [0.2, 0.25) is 5.91 Å². The molecule has 2 unspecified atom stereocenters. The molecule has 0 aromatic carbocycles. The highest BCUT2D eigenvalue weighted by molar-refractivity contribution is 5.78. The van der Waals surface area contributed by atoms with Crippen LogP contribution in [0.2, 0.25) is 0 Å². The van der Waals surface area contributed by atoms with Crippen LogP contribution >= 0.6 is 0 Å². The Morgan fingerprint density at radius 2 is 2.06 bits per heavy atom. The fourth-order valence-corrected chi connectivity index (χ4v) is 3.22. The summed E-state index contributed by atoms with van der Waals surface area (Å²) in [5, 5.41) is 3.61. The van der Waals surface area contributed by atoms with Gasteiger partial charge in [-0.05, 0) is 32.1 Å². The van der Waals surface area contributed by atoms with E-state index in [4.69, 9.17) is 6.42 Å². The average Bonchev–Trinajstić information content (AvgIpc) is 2.65. The summed E-state index contributed by atoms with van der Waals surface area (Å²) in [6, 6.07) is 1.66. The molecule has 3 heteroatoms. The molecule has 17 heavy (non-hydrogen) atoms.